The van der Waals surface area contributed by atoms with Gasteiger partial charge in [-0.05, 0) is 81.0 Å². The number of esters is 1. The molecule has 1 aromatic carbocycles. The van der Waals surface area contributed by atoms with Gasteiger partial charge in [-0.25, -0.2) is 0 Å². The number of aryl methyl sites for hydroxylation is 1. The third-order valence-corrected chi connectivity index (χ3v) is 6.27. The van der Waals surface area contributed by atoms with Crippen molar-refractivity contribution in [1.82, 2.24) is 19.8 Å². The van der Waals surface area contributed by atoms with E-state index in [-0.39, 0.29) is 24.6 Å². The lowest BCUT2D eigenvalue weighted by Gasteiger charge is -2.27. The highest BCUT2D eigenvalue weighted by atomic mass is 32.1. The number of hydrogen-bond acceptors (Lipinski definition) is 5. The van der Waals surface area contributed by atoms with Crippen LogP contribution in [0, 0.1) is 13.8 Å². The van der Waals surface area contributed by atoms with Crippen molar-refractivity contribution >= 4 is 23.3 Å². The lowest BCUT2D eigenvalue weighted by atomic mass is 9.97. The highest BCUT2D eigenvalue weighted by Crippen LogP contribution is 2.41. The van der Waals surface area contributed by atoms with Gasteiger partial charge in [0, 0.05) is 23.3 Å². The zero-order valence-corrected chi connectivity index (χ0v) is 20.1. The van der Waals surface area contributed by atoms with Crippen molar-refractivity contribution in [2.24, 2.45) is 0 Å². The fraction of sp³-hybridized carbons (Fsp3) is 0.320. The number of ether oxygens (including phenoxy) is 2. The van der Waals surface area contributed by atoms with Crippen LogP contribution in [0.1, 0.15) is 41.7 Å². The van der Waals surface area contributed by atoms with Gasteiger partial charge in [-0.15, -0.1) is 0 Å². The molecule has 33 heavy (non-hydrogen) atoms. The average molecular weight is 465 g/mol. The van der Waals surface area contributed by atoms with Crippen molar-refractivity contribution in [3.05, 3.63) is 77.4 Å². The first-order chi connectivity index (χ1) is 15.9. The number of nitrogens with zero attached hydrogens (tertiary/aromatic N) is 3. The third-order valence-electron chi connectivity index (χ3n) is 5.92. The Morgan fingerprint density at radius 2 is 1.94 bits per heavy atom. The standard InChI is InChI=1S/C25H28N4O3S/c1-5-32-22(30)15-28-24(23(27-25(28)33)21-8-6-7-13-26-21)20-14-16(2)29(17(20)3)18-9-11-19(31-4)12-10-18/h6-14,23-24H,5,15H2,1-4H3,(H,27,33)/t23-,24+/m0/s1. The summed E-state index contributed by atoms with van der Waals surface area (Å²) in [7, 11) is 1.66. The van der Waals surface area contributed by atoms with Crippen LogP contribution in [0.2, 0.25) is 0 Å². The fourth-order valence-electron chi connectivity index (χ4n) is 4.48. The van der Waals surface area contributed by atoms with Gasteiger partial charge < -0.3 is 24.3 Å². The summed E-state index contributed by atoms with van der Waals surface area (Å²) in [4.78, 5) is 18.9. The first-order valence-electron chi connectivity index (χ1n) is 10.9. The van der Waals surface area contributed by atoms with Crippen LogP contribution in [0.25, 0.3) is 5.69 Å². The monoisotopic (exact) mass is 464 g/mol. The van der Waals surface area contributed by atoms with Crippen LogP contribution < -0.4 is 10.1 Å². The molecule has 1 fully saturated rings. The first-order valence-corrected chi connectivity index (χ1v) is 11.3. The number of pyridine rings is 1. The lowest BCUT2D eigenvalue weighted by molar-refractivity contribution is -0.143. The number of hydrogen-bond donors (Lipinski definition) is 1. The molecule has 8 heteroatoms. The summed E-state index contributed by atoms with van der Waals surface area (Å²) in [5.41, 5.74) is 5.14. The van der Waals surface area contributed by atoms with E-state index in [1.807, 2.05) is 47.4 Å². The zero-order chi connectivity index (χ0) is 23.5. The van der Waals surface area contributed by atoms with Gasteiger partial charge in [0.05, 0.1) is 31.5 Å². The molecule has 1 aliphatic heterocycles. The SMILES string of the molecule is CCOC(=O)CN1C(=S)N[C@@H](c2ccccn2)[C@H]1c1cc(C)n(-c2ccc(OC)cc2)c1C. The van der Waals surface area contributed by atoms with Crippen molar-refractivity contribution < 1.29 is 14.3 Å². The molecule has 0 amide bonds. The smallest absolute Gasteiger partial charge is 0.325 e. The Bertz CT molecular complexity index is 1140. The van der Waals surface area contributed by atoms with E-state index in [9.17, 15) is 4.79 Å². The highest BCUT2D eigenvalue weighted by molar-refractivity contribution is 7.80. The average Bonchev–Trinajstić information content (AvgIpc) is 3.29. The van der Waals surface area contributed by atoms with Crippen LogP contribution in [0.4, 0.5) is 0 Å². The summed E-state index contributed by atoms with van der Waals surface area (Å²) in [6.45, 7) is 6.36. The molecule has 0 saturated carbocycles. The second-order valence-corrected chi connectivity index (χ2v) is 8.31. The van der Waals surface area contributed by atoms with Gasteiger partial charge in [0.2, 0.25) is 0 Å². The Balaban J connectivity index is 1.79. The molecular weight excluding hydrogens is 436 g/mol. The number of thiocarbonyl (C=S) groups is 1. The maximum Gasteiger partial charge on any atom is 0.325 e. The van der Waals surface area contributed by atoms with E-state index in [2.05, 4.69) is 34.8 Å². The summed E-state index contributed by atoms with van der Waals surface area (Å²) < 4.78 is 12.7. The van der Waals surface area contributed by atoms with Crippen LogP contribution >= 0.6 is 12.2 Å². The summed E-state index contributed by atoms with van der Waals surface area (Å²) in [5.74, 6) is 0.500. The quantitative estimate of drug-likeness (QED) is 0.418. The van der Waals surface area contributed by atoms with E-state index in [0.29, 0.717) is 11.7 Å². The minimum Gasteiger partial charge on any atom is -0.497 e. The molecule has 0 radical (unpaired) electrons. The van der Waals surface area contributed by atoms with E-state index < -0.39 is 0 Å². The third kappa shape index (κ3) is 4.43. The molecule has 0 unspecified atom stereocenters. The molecule has 0 spiro atoms. The van der Waals surface area contributed by atoms with Crippen LogP contribution in [0.15, 0.2) is 54.7 Å². The lowest BCUT2D eigenvalue weighted by Crippen LogP contribution is -2.35. The van der Waals surface area contributed by atoms with E-state index in [1.165, 1.54) is 0 Å². The predicted octanol–water partition coefficient (Wildman–Crippen LogP) is 4.03. The Morgan fingerprint density at radius 3 is 2.58 bits per heavy atom. The molecule has 0 aliphatic carbocycles. The first kappa shape index (κ1) is 22.8. The summed E-state index contributed by atoms with van der Waals surface area (Å²) in [6, 6.07) is 15.5. The van der Waals surface area contributed by atoms with Crippen molar-refractivity contribution in [3.8, 4) is 11.4 Å². The van der Waals surface area contributed by atoms with Crippen molar-refractivity contribution in [1.29, 1.82) is 0 Å². The van der Waals surface area contributed by atoms with Crippen LogP contribution in [-0.2, 0) is 9.53 Å². The molecule has 2 atom stereocenters. The molecule has 7 nitrogen and oxygen atoms in total. The van der Waals surface area contributed by atoms with E-state index in [1.54, 1.807) is 20.2 Å². The number of aromatic nitrogens is 2. The Kier molecular flexibility index (Phi) is 6.65. The highest BCUT2D eigenvalue weighted by Gasteiger charge is 2.42. The molecule has 1 N–H and O–H groups in total. The predicted molar refractivity (Wildman–Crippen MR) is 131 cm³/mol. The second-order valence-electron chi connectivity index (χ2n) is 7.92. The van der Waals surface area contributed by atoms with Crippen molar-refractivity contribution in [2.75, 3.05) is 20.3 Å². The maximum absolute atomic E-state index is 12.4. The van der Waals surface area contributed by atoms with E-state index in [0.717, 1.165) is 34.1 Å². The van der Waals surface area contributed by atoms with Gasteiger partial charge in [0.25, 0.3) is 0 Å². The number of carbonyl (C=O) groups is 1. The fourth-order valence-corrected chi connectivity index (χ4v) is 4.78. The van der Waals surface area contributed by atoms with Gasteiger partial charge in [-0.2, -0.15) is 0 Å². The van der Waals surface area contributed by atoms with Gasteiger partial charge in [0.15, 0.2) is 5.11 Å². The minimum absolute atomic E-state index is 0.0693. The topological polar surface area (TPSA) is 68.6 Å². The Hall–Kier alpha value is -3.39. The minimum atomic E-state index is -0.308. The summed E-state index contributed by atoms with van der Waals surface area (Å²) >= 11 is 5.66. The zero-order valence-electron chi connectivity index (χ0n) is 19.2. The summed E-state index contributed by atoms with van der Waals surface area (Å²) in [5, 5.41) is 3.90. The number of nitrogens with one attached hydrogen (secondary N) is 1. The molecule has 1 aliphatic rings. The molecule has 172 valence electrons. The maximum atomic E-state index is 12.4. The number of carbonyl (C=O) groups excluding carboxylic acids is 1. The number of benzene rings is 1. The second kappa shape index (κ2) is 9.62. The van der Waals surface area contributed by atoms with E-state index >= 15 is 0 Å². The summed E-state index contributed by atoms with van der Waals surface area (Å²) in [6.07, 6.45) is 1.77. The van der Waals surface area contributed by atoms with Gasteiger partial charge in [0.1, 0.15) is 12.3 Å². The molecular formula is C25H28N4O3S. The largest absolute Gasteiger partial charge is 0.497 e. The number of methoxy groups -OCH3 is 1. The van der Waals surface area contributed by atoms with Crippen LogP contribution in [0.3, 0.4) is 0 Å². The Labute approximate surface area is 199 Å². The van der Waals surface area contributed by atoms with Crippen molar-refractivity contribution in [3.63, 3.8) is 0 Å². The number of rotatable bonds is 7. The molecule has 4 rings (SSSR count). The van der Waals surface area contributed by atoms with Crippen molar-refractivity contribution in [2.45, 2.75) is 32.9 Å². The Morgan fingerprint density at radius 1 is 1.18 bits per heavy atom. The van der Waals surface area contributed by atoms with E-state index in [4.69, 9.17) is 21.7 Å². The van der Waals surface area contributed by atoms with Gasteiger partial charge in [-0.3, -0.25) is 9.78 Å². The molecule has 1 saturated heterocycles. The normalized spacial score (nSPS) is 17.7. The molecule has 3 aromatic rings. The van der Waals surface area contributed by atoms with Gasteiger partial charge in [-0.1, -0.05) is 6.07 Å². The molecule has 3 heterocycles. The van der Waals surface area contributed by atoms with Gasteiger partial charge >= 0.3 is 5.97 Å². The van der Waals surface area contributed by atoms with Crippen LogP contribution in [0.5, 0.6) is 5.75 Å². The molecule has 2 aromatic heterocycles. The molecule has 0 bridgehead atoms. The van der Waals surface area contributed by atoms with Crippen LogP contribution in [-0.4, -0.2) is 45.8 Å².